The fourth-order valence-corrected chi connectivity index (χ4v) is 3.67. The third-order valence-electron chi connectivity index (χ3n) is 3.04. The molecule has 2 nitrogen and oxygen atoms in total. The highest BCUT2D eigenvalue weighted by molar-refractivity contribution is 9.10. The second-order valence-corrected chi connectivity index (χ2v) is 6.46. The molecule has 0 aromatic carbocycles. The summed E-state index contributed by atoms with van der Waals surface area (Å²) in [4.78, 5) is 5.82. The Bertz CT molecular complexity index is 484. The van der Waals surface area contributed by atoms with Crippen LogP contribution in [0.5, 0.6) is 0 Å². The van der Waals surface area contributed by atoms with Crippen molar-refractivity contribution in [3.05, 3.63) is 50.9 Å². The number of pyridine rings is 1. The molecule has 2 aromatic heterocycles. The standard InChI is InChI=1S/C15H19BrN2S/c1-2-17-14(10-15-9-12(16)11-19-15)7-6-13-5-3-4-8-18-13/h3-5,8-9,11,14,17H,2,6-7,10H2,1H3. The maximum Gasteiger partial charge on any atom is 0.0404 e. The molecule has 4 heteroatoms. The zero-order chi connectivity index (χ0) is 13.5. The maximum absolute atomic E-state index is 4.39. The van der Waals surface area contributed by atoms with E-state index in [9.17, 15) is 0 Å². The zero-order valence-corrected chi connectivity index (χ0v) is 13.5. The molecule has 0 spiro atoms. The van der Waals surface area contributed by atoms with Crippen LogP contribution in [0.15, 0.2) is 40.3 Å². The van der Waals surface area contributed by atoms with Crippen molar-refractivity contribution in [2.45, 2.75) is 32.2 Å². The van der Waals surface area contributed by atoms with Crippen molar-refractivity contribution < 1.29 is 0 Å². The highest BCUT2D eigenvalue weighted by Crippen LogP contribution is 2.21. The Balaban J connectivity index is 1.89. The van der Waals surface area contributed by atoms with Crippen LogP contribution in [0, 0.1) is 0 Å². The third kappa shape index (κ3) is 5.05. The van der Waals surface area contributed by atoms with Crippen LogP contribution in [0.25, 0.3) is 0 Å². The molecule has 0 aliphatic carbocycles. The quantitative estimate of drug-likeness (QED) is 0.823. The molecule has 102 valence electrons. The van der Waals surface area contributed by atoms with Crippen molar-refractivity contribution in [3.63, 3.8) is 0 Å². The van der Waals surface area contributed by atoms with Crippen LogP contribution < -0.4 is 5.32 Å². The molecule has 0 bridgehead atoms. The minimum Gasteiger partial charge on any atom is -0.314 e. The highest BCUT2D eigenvalue weighted by Gasteiger charge is 2.10. The van der Waals surface area contributed by atoms with Crippen LogP contribution in [0.3, 0.4) is 0 Å². The number of hydrogen-bond acceptors (Lipinski definition) is 3. The van der Waals surface area contributed by atoms with Gasteiger partial charge in [-0.05, 0) is 59.9 Å². The Kier molecular flexibility index (Phi) is 6.01. The summed E-state index contributed by atoms with van der Waals surface area (Å²) in [5, 5.41) is 5.72. The molecular weight excluding hydrogens is 320 g/mol. The van der Waals surface area contributed by atoms with Gasteiger partial charge in [0.1, 0.15) is 0 Å². The number of hydrogen-bond donors (Lipinski definition) is 1. The summed E-state index contributed by atoms with van der Waals surface area (Å²) in [5.74, 6) is 0. The van der Waals surface area contributed by atoms with Gasteiger partial charge in [0.05, 0.1) is 0 Å². The topological polar surface area (TPSA) is 24.9 Å². The van der Waals surface area contributed by atoms with Gasteiger partial charge in [0, 0.05) is 32.7 Å². The number of nitrogens with zero attached hydrogens (tertiary/aromatic N) is 1. The summed E-state index contributed by atoms with van der Waals surface area (Å²) in [6.45, 7) is 3.18. The summed E-state index contributed by atoms with van der Waals surface area (Å²) in [6, 6.07) is 8.87. The van der Waals surface area contributed by atoms with Gasteiger partial charge in [0.2, 0.25) is 0 Å². The van der Waals surface area contributed by atoms with E-state index in [0.29, 0.717) is 6.04 Å². The van der Waals surface area contributed by atoms with Crippen LogP contribution >= 0.6 is 27.3 Å². The van der Waals surface area contributed by atoms with Crippen LogP contribution in [-0.2, 0) is 12.8 Å². The number of nitrogens with one attached hydrogen (secondary N) is 1. The largest absolute Gasteiger partial charge is 0.314 e. The smallest absolute Gasteiger partial charge is 0.0404 e. The second-order valence-electron chi connectivity index (χ2n) is 4.55. The maximum atomic E-state index is 4.39. The monoisotopic (exact) mass is 338 g/mol. The molecule has 0 aliphatic rings. The van der Waals surface area contributed by atoms with Crippen molar-refractivity contribution in [2.24, 2.45) is 0 Å². The number of thiophene rings is 1. The minimum absolute atomic E-state index is 0.526. The molecule has 2 rings (SSSR count). The Morgan fingerprint density at radius 1 is 1.42 bits per heavy atom. The number of rotatable bonds is 7. The van der Waals surface area contributed by atoms with E-state index in [4.69, 9.17) is 0 Å². The van der Waals surface area contributed by atoms with E-state index in [2.05, 4.69) is 56.7 Å². The second kappa shape index (κ2) is 7.78. The van der Waals surface area contributed by atoms with Crippen LogP contribution in [0.1, 0.15) is 23.9 Å². The first-order valence-electron chi connectivity index (χ1n) is 6.64. The van der Waals surface area contributed by atoms with Gasteiger partial charge in [-0.3, -0.25) is 4.98 Å². The third-order valence-corrected chi connectivity index (χ3v) is 4.76. The van der Waals surface area contributed by atoms with Gasteiger partial charge in [0.25, 0.3) is 0 Å². The highest BCUT2D eigenvalue weighted by atomic mass is 79.9. The van der Waals surface area contributed by atoms with Crippen LogP contribution in [-0.4, -0.2) is 17.6 Å². The van der Waals surface area contributed by atoms with Gasteiger partial charge >= 0.3 is 0 Å². The van der Waals surface area contributed by atoms with Crippen molar-refractivity contribution in [1.82, 2.24) is 10.3 Å². The fourth-order valence-electron chi connectivity index (χ4n) is 2.14. The molecule has 2 heterocycles. The molecule has 0 fully saturated rings. The molecule has 0 radical (unpaired) electrons. The van der Waals surface area contributed by atoms with E-state index in [1.807, 2.05) is 23.6 Å². The lowest BCUT2D eigenvalue weighted by Crippen LogP contribution is -2.31. The number of aryl methyl sites for hydroxylation is 1. The molecule has 1 N–H and O–H groups in total. The van der Waals surface area contributed by atoms with E-state index in [1.54, 1.807) is 0 Å². The van der Waals surface area contributed by atoms with Crippen molar-refractivity contribution in [3.8, 4) is 0 Å². The first-order chi connectivity index (χ1) is 9.28. The Labute approximate surface area is 127 Å². The predicted molar refractivity (Wildman–Crippen MR) is 85.7 cm³/mol. The van der Waals surface area contributed by atoms with Crippen molar-refractivity contribution in [2.75, 3.05) is 6.54 Å². The summed E-state index contributed by atoms with van der Waals surface area (Å²) in [7, 11) is 0. The lowest BCUT2D eigenvalue weighted by atomic mass is 10.1. The molecule has 19 heavy (non-hydrogen) atoms. The summed E-state index contributed by atoms with van der Waals surface area (Å²) in [5.41, 5.74) is 1.18. The van der Waals surface area contributed by atoms with Gasteiger partial charge in [-0.25, -0.2) is 0 Å². The van der Waals surface area contributed by atoms with Crippen LogP contribution in [0.4, 0.5) is 0 Å². The average Bonchev–Trinajstić information content (AvgIpc) is 2.83. The zero-order valence-electron chi connectivity index (χ0n) is 11.1. The predicted octanol–water partition coefficient (Wildman–Crippen LogP) is 4.06. The van der Waals surface area contributed by atoms with Gasteiger partial charge < -0.3 is 5.32 Å². The van der Waals surface area contributed by atoms with E-state index in [0.717, 1.165) is 25.8 Å². The lowest BCUT2D eigenvalue weighted by Gasteiger charge is -2.16. The molecule has 1 unspecified atom stereocenters. The number of aromatic nitrogens is 1. The fraction of sp³-hybridized carbons (Fsp3) is 0.400. The van der Waals surface area contributed by atoms with E-state index < -0.39 is 0 Å². The number of halogens is 1. The molecule has 1 atom stereocenters. The van der Waals surface area contributed by atoms with Gasteiger partial charge in [-0.1, -0.05) is 13.0 Å². The normalized spacial score (nSPS) is 12.5. The van der Waals surface area contributed by atoms with E-state index >= 15 is 0 Å². The Morgan fingerprint density at radius 3 is 2.95 bits per heavy atom. The van der Waals surface area contributed by atoms with E-state index in [1.165, 1.54) is 15.0 Å². The lowest BCUT2D eigenvalue weighted by molar-refractivity contribution is 0.491. The van der Waals surface area contributed by atoms with E-state index in [-0.39, 0.29) is 0 Å². The summed E-state index contributed by atoms with van der Waals surface area (Å²) in [6.07, 6.45) is 5.12. The molecule has 0 aliphatic heterocycles. The number of likely N-dealkylation sites (N-methyl/N-ethyl adjacent to an activating group) is 1. The van der Waals surface area contributed by atoms with Crippen LogP contribution in [0.2, 0.25) is 0 Å². The molecule has 0 amide bonds. The van der Waals surface area contributed by atoms with Crippen molar-refractivity contribution >= 4 is 27.3 Å². The average molecular weight is 339 g/mol. The SMILES string of the molecule is CCNC(CCc1ccccn1)Cc1cc(Br)cs1. The van der Waals surface area contributed by atoms with Gasteiger partial charge in [-0.2, -0.15) is 0 Å². The molecule has 0 saturated heterocycles. The van der Waals surface area contributed by atoms with Gasteiger partial charge in [-0.15, -0.1) is 11.3 Å². The first-order valence-corrected chi connectivity index (χ1v) is 8.31. The Morgan fingerprint density at radius 2 is 2.32 bits per heavy atom. The molecule has 0 saturated carbocycles. The molecular formula is C15H19BrN2S. The van der Waals surface area contributed by atoms with Crippen molar-refractivity contribution in [1.29, 1.82) is 0 Å². The van der Waals surface area contributed by atoms with Gasteiger partial charge in [0.15, 0.2) is 0 Å². The first kappa shape index (κ1) is 14.7. The summed E-state index contributed by atoms with van der Waals surface area (Å²) < 4.78 is 1.19. The molecule has 2 aromatic rings. The summed E-state index contributed by atoms with van der Waals surface area (Å²) >= 11 is 5.34. The Hall–Kier alpha value is -0.710. The minimum atomic E-state index is 0.526.